The molecule has 0 saturated carbocycles. The fourth-order valence-electron chi connectivity index (χ4n) is 2.63. The summed E-state index contributed by atoms with van der Waals surface area (Å²) in [6.07, 6.45) is 5.49. The smallest absolute Gasteiger partial charge is 0.129 e. The molecule has 1 saturated heterocycles. The first kappa shape index (κ1) is 13.8. The van der Waals surface area contributed by atoms with Crippen LogP contribution in [-0.2, 0) is 6.54 Å². The SMILES string of the molecule is CCCN(Cc1ccnc(Cl)c1)C1CCNCC1. The Morgan fingerprint density at radius 2 is 2.22 bits per heavy atom. The van der Waals surface area contributed by atoms with E-state index in [2.05, 4.69) is 28.2 Å². The second-order valence-electron chi connectivity index (χ2n) is 4.94. The zero-order valence-corrected chi connectivity index (χ0v) is 11.8. The van der Waals surface area contributed by atoms with E-state index in [0.717, 1.165) is 26.2 Å². The lowest BCUT2D eigenvalue weighted by atomic mass is 10.0. The predicted molar refractivity (Wildman–Crippen MR) is 75.8 cm³/mol. The monoisotopic (exact) mass is 267 g/mol. The summed E-state index contributed by atoms with van der Waals surface area (Å²) in [5.41, 5.74) is 1.27. The molecular formula is C14H22ClN3. The van der Waals surface area contributed by atoms with Gasteiger partial charge in [0.1, 0.15) is 5.15 Å². The Kier molecular flexibility index (Phi) is 5.42. The maximum Gasteiger partial charge on any atom is 0.129 e. The van der Waals surface area contributed by atoms with Crippen LogP contribution in [0.2, 0.25) is 5.15 Å². The van der Waals surface area contributed by atoms with Gasteiger partial charge in [0.05, 0.1) is 0 Å². The Morgan fingerprint density at radius 1 is 1.44 bits per heavy atom. The van der Waals surface area contributed by atoms with Gasteiger partial charge >= 0.3 is 0 Å². The molecule has 1 N–H and O–H groups in total. The van der Waals surface area contributed by atoms with E-state index >= 15 is 0 Å². The van der Waals surface area contributed by atoms with Gasteiger partial charge in [-0.2, -0.15) is 0 Å². The van der Waals surface area contributed by atoms with Gasteiger partial charge < -0.3 is 5.32 Å². The number of hydrogen-bond acceptors (Lipinski definition) is 3. The van der Waals surface area contributed by atoms with E-state index in [4.69, 9.17) is 11.6 Å². The highest BCUT2D eigenvalue weighted by atomic mass is 35.5. The lowest BCUT2D eigenvalue weighted by molar-refractivity contribution is 0.154. The molecule has 4 heteroatoms. The molecule has 3 nitrogen and oxygen atoms in total. The number of rotatable bonds is 5. The maximum atomic E-state index is 5.95. The highest BCUT2D eigenvalue weighted by Gasteiger charge is 2.20. The second-order valence-corrected chi connectivity index (χ2v) is 5.33. The van der Waals surface area contributed by atoms with Crippen molar-refractivity contribution in [1.82, 2.24) is 15.2 Å². The van der Waals surface area contributed by atoms with Crippen molar-refractivity contribution in [3.05, 3.63) is 29.0 Å². The van der Waals surface area contributed by atoms with E-state index in [0.29, 0.717) is 11.2 Å². The summed E-state index contributed by atoms with van der Waals surface area (Å²) in [4.78, 5) is 6.63. The second kappa shape index (κ2) is 7.07. The zero-order chi connectivity index (χ0) is 12.8. The van der Waals surface area contributed by atoms with E-state index in [1.165, 1.54) is 24.8 Å². The van der Waals surface area contributed by atoms with Gasteiger partial charge in [-0.1, -0.05) is 18.5 Å². The number of halogens is 1. The molecule has 1 aromatic rings. The number of piperidine rings is 1. The van der Waals surface area contributed by atoms with Crippen molar-refractivity contribution in [2.24, 2.45) is 0 Å². The molecule has 1 aliphatic heterocycles. The summed E-state index contributed by atoms with van der Waals surface area (Å²) in [5, 5.41) is 4.02. The van der Waals surface area contributed by atoms with Crippen LogP contribution >= 0.6 is 11.6 Å². The molecule has 0 amide bonds. The van der Waals surface area contributed by atoms with Crippen molar-refractivity contribution in [2.45, 2.75) is 38.8 Å². The summed E-state index contributed by atoms with van der Waals surface area (Å²) < 4.78 is 0. The van der Waals surface area contributed by atoms with Crippen LogP contribution in [0, 0.1) is 0 Å². The third-order valence-electron chi connectivity index (χ3n) is 3.51. The van der Waals surface area contributed by atoms with Gasteiger partial charge in [-0.15, -0.1) is 0 Å². The minimum atomic E-state index is 0.592. The average Bonchev–Trinajstić information content (AvgIpc) is 2.39. The van der Waals surface area contributed by atoms with Gasteiger partial charge in [-0.3, -0.25) is 4.90 Å². The molecule has 1 aromatic heterocycles. The van der Waals surface area contributed by atoms with Crippen molar-refractivity contribution in [3.63, 3.8) is 0 Å². The Labute approximate surface area is 115 Å². The molecule has 0 aliphatic carbocycles. The number of pyridine rings is 1. The first-order valence-electron chi connectivity index (χ1n) is 6.85. The molecule has 0 bridgehead atoms. The Bertz CT molecular complexity index is 364. The summed E-state index contributed by atoms with van der Waals surface area (Å²) in [5.74, 6) is 0. The number of nitrogens with one attached hydrogen (secondary N) is 1. The summed E-state index contributed by atoms with van der Waals surface area (Å²) in [6, 6.07) is 4.75. The summed E-state index contributed by atoms with van der Waals surface area (Å²) >= 11 is 5.95. The van der Waals surface area contributed by atoms with Gasteiger partial charge in [-0.25, -0.2) is 4.98 Å². The molecule has 0 spiro atoms. The zero-order valence-electron chi connectivity index (χ0n) is 11.0. The quantitative estimate of drug-likeness (QED) is 0.832. The Morgan fingerprint density at radius 3 is 2.89 bits per heavy atom. The molecular weight excluding hydrogens is 246 g/mol. The molecule has 1 aliphatic rings. The van der Waals surface area contributed by atoms with Crippen LogP contribution in [0.4, 0.5) is 0 Å². The van der Waals surface area contributed by atoms with E-state index in [1.807, 2.05) is 6.07 Å². The van der Waals surface area contributed by atoms with Crippen LogP contribution in [0.1, 0.15) is 31.7 Å². The molecule has 0 radical (unpaired) electrons. The molecule has 100 valence electrons. The van der Waals surface area contributed by atoms with Crippen molar-refractivity contribution < 1.29 is 0 Å². The van der Waals surface area contributed by atoms with E-state index in [-0.39, 0.29) is 0 Å². The number of nitrogens with zero attached hydrogens (tertiary/aromatic N) is 2. The van der Waals surface area contributed by atoms with Gasteiger partial charge in [0.25, 0.3) is 0 Å². The van der Waals surface area contributed by atoms with E-state index < -0.39 is 0 Å². The minimum Gasteiger partial charge on any atom is -0.317 e. The molecule has 2 heterocycles. The fourth-order valence-corrected chi connectivity index (χ4v) is 2.82. The van der Waals surface area contributed by atoms with Gasteiger partial charge in [-0.05, 0) is 56.6 Å². The molecule has 1 fully saturated rings. The van der Waals surface area contributed by atoms with Crippen molar-refractivity contribution >= 4 is 11.6 Å². The predicted octanol–water partition coefficient (Wildman–Crippen LogP) is 2.70. The summed E-state index contributed by atoms with van der Waals surface area (Å²) in [6.45, 7) is 6.67. The highest BCUT2D eigenvalue weighted by Crippen LogP contribution is 2.17. The van der Waals surface area contributed by atoms with Crippen molar-refractivity contribution in [1.29, 1.82) is 0 Å². The third-order valence-corrected chi connectivity index (χ3v) is 3.72. The lowest BCUT2D eigenvalue weighted by Crippen LogP contribution is -2.43. The van der Waals surface area contributed by atoms with Crippen LogP contribution in [-0.4, -0.2) is 35.6 Å². The molecule has 0 aromatic carbocycles. The van der Waals surface area contributed by atoms with Crippen LogP contribution in [0.25, 0.3) is 0 Å². The van der Waals surface area contributed by atoms with Gasteiger partial charge in [0, 0.05) is 18.8 Å². The summed E-state index contributed by atoms with van der Waals surface area (Å²) in [7, 11) is 0. The van der Waals surface area contributed by atoms with Gasteiger partial charge in [0.2, 0.25) is 0 Å². The van der Waals surface area contributed by atoms with Crippen LogP contribution in [0.15, 0.2) is 18.3 Å². The average molecular weight is 268 g/mol. The minimum absolute atomic E-state index is 0.592. The standard InChI is InChI=1S/C14H22ClN3/c1-2-9-18(13-4-6-16-7-5-13)11-12-3-8-17-14(15)10-12/h3,8,10,13,16H,2,4-7,9,11H2,1H3. The fraction of sp³-hybridized carbons (Fsp3) is 0.643. The van der Waals surface area contributed by atoms with E-state index in [1.54, 1.807) is 6.20 Å². The molecule has 18 heavy (non-hydrogen) atoms. The highest BCUT2D eigenvalue weighted by molar-refractivity contribution is 6.29. The Hall–Kier alpha value is -0.640. The van der Waals surface area contributed by atoms with Crippen LogP contribution in [0.5, 0.6) is 0 Å². The first-order chi connectivity index (χ1) is 8.79. The number of aromatic nitrogens is 1. The molecule has 0 atom stereocenters. The van der Waals surface area contributed by atoms with Crippen LogP contribution < -0.4 is 5.32 Å². The van der Waals surface area contributed by atoms with Crippen molar-refractivity contribution in [2.75, 3.05) is 19.6 Å². The molecule has 2 rings (SSSR count). The molecule has 0 unspecified atom stereocenters. The Balaban J connectivity index is 2.00. The maximum absolute atomic E-state index is 5.95. The lowest BCUT2D eigenvalue weighted by Gasteiger charge is -2.34. The first-order valence-corrected chi connectivity index (χ1v) is 7.22. The van der Waals surface area contributed by atoms with E-state index in [9.17, 15) is 0 Å². The van der Waals surface area contributed by atoms with Crippen LogP contribution in [0.3, 0.4) is 0 Å². The third kappa shape index (κ3) is 3.94. The normalized spacial score (nSPS) is 17.3. The largest absolute Gasteiger partial charge is 0.317 e. The van der Waals surface area contributed by atoms with Crippen molar-refractivity contribution in [3.8, 4) is 0 Å². The number of hydrogen-bond donors (Lipinski definition) is 1. The van der Waals surface area contributed by atoms with Gasteiger partial charge in [0.15, 0.2) is 0 Å². The topological polar surface area (TPSA) is 28.2 Å².